The van der Waals surface area contributed by atoms with Gasteiger partial charge in [-0.05, 0) is 6.07 Å². The number of methoxy groups -OCH3 is 1. The molecular formula is C10H13ClN4O. The fourth-order valence-electron chi connectivity index (χ4n) is 1.26. The summed E-state index contributed by atoms with van der Waals surface area (Å²) in [7, 11) is 1.61. The lowest BCUT2D eigenvalue weighted by Crippen LogP contribution is -2.18. The molecule has 0 aliphatic rings. The van der Waals surface area contributed by atoms with Gasteiger partial charge in [0, 0.05) is 17.7 Å². The maximum atomic E-state index is 6.51. The highest BCUT2D eigenvalue weighted by molar-refractivity contribution is 6.31. The summed E-state index contributed by atoms with van der Waals surface area (Å²) in [5.74, 6) is 0. The van der Waals surface area contributed by atoms with Crippen LogP contribution in [0.4, 0.5) is 0 Å². The molecule has 0 fully saturated rings. The maximum absolute atomic E-state index is 6.51. The number of benzene rings is 1. The van der Waals surface area contributed by atoms with Gasteiger partial charge in [-0.3, -0.25) is 0 Å². The van der Waals surface area contributed by atoms with Gasteiger partial charge in [0.2, 0.25) is 0 Å². The van der Waals surface area contributed by atoms with E-state index in [0.717, 1.165) is 11.9 Å². The Morgan fingerprint density at radius 2 is 2.31 bits per heavy atom. The predicted molar refractivity (Wildman–Crippen MR) is 62.8 cm³/mol. The fraction of sp³-hybridized carbons (Fsp3) is 0.300. The van der Waals surface area contributed by atoms with Gasteiger partial charge in [0.25, 0.3) is 0 Å². The third-order valence-corrected chi connectivity index (χ3v) is 2.36. The van der Waals surface area contributed by atoms with Crippen LogP contribution in [0.2, 0.25) is 5.02 Å². The van der Waals surface area contributed by atoms with Crippen molar-refractivity contribution in [1.82, 2.24) is 5.43 Å². The summed E-state index contributed by atoms with van der Waals surface area (Å²) in [5, 5.41) is 7.32. The molecular weight excluding hydrogens is 228 g/mol. The lowest BCUT2D eigenvalue weighted by molar-refractivity contribution is 0.103. The van der Waals surface area contributed by atoms with Crippen LogP contribution in [0.3, 0.4) is 0 Å². The summed E-state index contributed by atoms with van der Waals surface area (Å²) >= 11 is 6.04. The first kappa shape index (κ1) is 12.6. The molecule has 0 heterocycles. The van der Waals surface area contributed by atoms with Crippen molar-refractivity contribution in [1.29, 1.82) is 5.53 Å². The molecule has 1 rings (SSSR count). The molecule has 0 bridgehead atoms. The Labute approximate surface area is 99.0 Å². The van der Waals surface area contributed by atoms with E-state index in [4.69, 9.17) is 21.9 Å². The Morgan fingerprint density at radius 1 is 1.56 bits per heavy atom. The summed E-state index contributed by atoms with van der Waals surface area (Å²) in [6.45, 7) is 0.465. The summed E-state index contributed by atoms with van der Waals surface area (Å²) in [6.07, 6.45) is 0.927. The molecule has 2 N–H and O–H groups in total. The summed E-state index contributed by atoms with van der Waals surface area (Å²) in [4.78, 5) is 0. The molecule has 0 aromatic heterocycles. The third-order valence-electron chi connectivity index (χ3n) is 2.02. The van der Waals surface area contributed by atoms with Crippen LogP contribution in [0.1, 0.15) is 11.7 Å². The number of nitrogens with zero attached hydrogens (tertiary/aromatic N) is 2. The summed E-state index contributed by atoms with van der Waals surface area (Å²) < 4.78 is 5.30. The fourth-order valence-corrected chi connectivity index (χ4v) is 1.52. The average Bonchev–Trinajstić information content (AvgIpc) is 2.31. The molecule has 0 saturated carbocycles. The lowest BCUT2D eigenvalue weighted by Gasteiger charge is -2.16. The van der Waals surface area contributed by atoms with Crippen molar-refractivity contribution in [3.63, 3.8) is 0 Å². The molecule has 0 amide bonds. The second-order valence-corrected chi connectivity index (χ2v) is 3.39. The monoisotopic (exact) mass is 240 g/mol. The molecule has 0 radical (unpaired) electrons. The van der Waals surface area contributed by atoms with Gasteiger partial charge in [0.1, 0.15) is 6.10 Å². The molecule has 1 aromatic carbocycles. The van der Waals surface area contributed by atoms with Crippen LogP contribution in [0, 0.1) is 5.53 Å². The molecule has 0 spiro atoms. The average molecular weight is 241 g/mol. The molecule has 6 heteroatoms. The zero-order valence-corrected chi connectivity index (χ0v) is 9.61. The summed E-state index contributed by atoms with van der Waals surface area (Å²) in [5.41, 5.74) is 10.2. The Hall–Kier alpha value is -1.46. The van der Waals surface area contributed by atoms with Gasteiger partial charge in [-0.1, -0.05) is 29.8 Å². The van der Waals surface area contributed by atoms with E-state index in [2.05, 4.69) is 15.6 Å². The quantitative estimate of drug-likeness (QED) is 0.347. The van der Waals surface area contributed by atoms with E-state index < -0.39 is 0 Å². The molecule has 0 saturated heterocycles. The minimum Gasteiger partial charge on any atom is -0.375 e. The second-order valence-electron chi connectivity index (χ2n) is 2.98. The van der Waals surface area contributed by atoms with Gasteiger partial charge < -0.3 is 10.2 Å². The standard InChI is InChI=1S/C10H13ClN4O/c1-16-10(6-14-15-7-13-12)8-4-2-3-5-9(8)11/h2-5,7,10,12,14H,6H2,1H3/b13-12?,15-7-. The van der Waals surface area contributed by atoms with E-state index in [9.17, 15) is 0 Å². The van der Waals surface area contributed by atoms with Crippen LogP contribution >= 0.6 is 11.6 Å². The molecule has 0 aliphatic carbocycles. The third kappa shape index (κ3) is 3.60. The first-order valence-corrected chi connectivity index (χ1v) is 5.05. The van der Waals surface area contributed by atoms with E-state index in [1.165, 1.54) is 0 Å². The van der Waals surface area contributed by atoms with Crippen LogP contribution in [0.15, 0.2) is 34.5 Å². The summed E-state index contributed by atoms with van der Waals surface area (Å²) in [6, 6.07) is 7.47. The molecule has 1 aromatic rings. The van der Waals surface area contributed by atoms with Gasteiger partial charge in [-0.2, -0.15) is 5.10 Å². The largest absolute Gasteiger partial charge is 0.375 e. The molecule has 0 aliphatic heterocycles. The topological polar surface area (TPSA) is 69.8 Å². The van der Waals surface area contributed by atoms with Crippen LogP contribution in [-0.4, -0.2) is 20.0 Å². The van der Waals surface area contributed by atoms with Crippen molar-refractivity contribution < 1.29 is 4.74 Å². The molecule has 5 nitrogen and oxygen atoms in total. The minimum atomic E-state index is -0.184. The Kier molecular flexibility index (Phi) is 5.45. The molecule has 86 valence electrons. The lowest BCUT2D eigenvalue weighted by atomic mass is 10.1. The Bertz CT molecular complexity index is 370. The van der Waals surface area contributed by atoms with Crippen LogP contribution in [0.5, 0.6) is 0 Å². The number of ether oxygens (including phenoxy) is 1. The van der Waals surface area contributed by atoms with Crippen molar-refractivity contribution in [2.24, 2.45) is 10.2 Å². The van der Waals surface area contributed by atoms with Gasteiger partial charge >= 0.3 is 0 Å². The minimum absolute atomic E-state index is 0.184. The van der Waals surface area contributed by atoms with Crippen molar-refractivity contribution in [2.45, 2.75) is 6.10 Å². The second kappa shape index (κ2) is 6.92. The van der Waals surface area contributed by atoms with E-state index in [-0.39, 0.29) is 6.10 Å². The van der Waals surface area contributed by atoms with E-state index in [0.29, 0.717) is 11.6 Å². The predicted octanol–water partition coefficient (Wildman–Crippen LogP) is 2.59. The van der Waals surface area contributed by atoms with Gasteiger partial charge in [0.15, 0.2) is 6.34 Å². The van der Waals surface area contributed by atoms with Crippen LogP contribution < -0.4 is 5.43 Å². The van der Waals surface area contributed by atoms with E-state index in [1.54, 1.807) is 7.11 Å². The zero-order valence-electron chi connectivity index (χ0n) is 8.85. The van der Waals surface area contributed by atoms with Gasteiger partial charge in [-0.25, -0.2) is 5.53 Å². The number of rotatable bonds is 6. The SMILES string of the molecule is COC(CN/N=C\N=N)c1ccccc1Cl. The highest BCUT2D eigenvalue weighted by atomic mass is 35.5. The number of nitrogens with one attached hydrogen (secondary N) is 2. The zero-order chi connectivity index (χ0) is 11.8. The first-order chi connectivity index (χ1) is 7.79. The number of halogens is 1. The maximum Gasteiger partial charge on any atom is 0.157 e. The number of hydrogen-bond acceptors (Lipinski definition) is 4. The van der Waals surface area contributed by atoms with Crippen molar-refractivity contribution in [3.05, 3.63) is 34.9 Å². The molecule has 1 unspecified atom stereocenters. The van der Waals surface area contributed by atoms with Crippen molar-refractivity contribution >= 4 is 17.9 Å². The first-order valence-electron chi connectivity index (χ1n) is 4.67. The number of hydrazone groups is 1. The Balaban J connectivity index is 2.64. The smallest absolute Gasteiger partial charge is 0.157 e. The van der Waals surface area contributed by atoms with Crippen molar-refractivity contribution in [2.75, 3.05) is 13.7 Å². The van der Waals surface area contributed by atoms with Gasteiger partial charge in [0.05, 0.1) is 6.54 Å². The van der Waals surface area contributed by atoms with Crippen LogP contribution in [-0.2, 0) is 4.74 Å². The number of hydrogen-bond donors (Lipinski definition) is 2. The van der Waals surface area contributed by atoms with Crippen molar-refractivity contribution in [3.8, 4) is 0 Å². The van der Waals surface area contributed by atoms with Gasteiger partial charge in [-0.15, -0.1) is 5.11 Å². The highest BCUT2D eigenvalue weighted by Crippen LogP contribution is 2.24. The molecule has 16 heavy (non-hydrogen) atoms. The molecule has 1 atom stereocenters. The van der Waals surface area contributed by atoms with E-state index in [1.807, 2.05) is 24.3 Å². The Morgan fingerprint density at radius 3 is 2.94 bits per heavy atom. The normalized spacial score (nSPS) is 12.6. The van der Waals surface area contributed by atoms with Crippen LogP contribution in [0.25, 0.3) is 0 Å². The van der Waals surface area contributed by atoms with E-state index >= 15 is 0 Å². The highest BCUT2D eigenvalue weighted by Gasteiger charge is 2.12.